The molecule has 0 radical (unpaired) electrons. The van der Waals surface area contributed by atoms with Crippen molar-refractivity contribution in [2.75, 3.05) is 4.90 Å². The summed E-state index contributed by atoms with van der Waals surface area (Å²) in [6, 6.07) is 2.67. The van der Waals surface area contributed by atoms with Gasteiger partial charge in [-0.3, -0.25) is 19.5 Å². The van der Waals surface area contributed by atoms with Crippen LogP contribution in [-0.4, -0.2) is 28.9 Å². The molecule has 0 spiro atoms. The van der Waals surface area contributed by atoms with Crippen LogP contribution < -0.4 is 10.2 Å². The van der Waals surface area contributed by atoms with E-state index in [0.717, 1.165) is 0 Å². The van der Waals surface area contributed by atoms with Gasteiger partial charge in [0.2, 0.25) is 11.8 Å². The Hall–Kier alpha value is -1.91. The number of hydrogen-bond acceptors (Lipinski definition) is 3. The number of carbonyl (C=O) groups is 2. The van der Waals surface area contributed by atoms with Crippen LogP contribution in [0.3, 0.4) is 0 Å². The van der Waals surface area contributed by atoms with Crippen LogP contribution in [0.15, 0.2) is 24.5 Å². The van der Waals surface area contributed by atoms with Gasteiger partial charge in [-0.25, -0.2) is 0 Å². The van der Waals surface area contributed by atoms with Crippen molar-refractivity contribution in [3.05, 3.63) is 24.5 Å². The molecule has 0 aromatic carbocycles. The van der Waals surface area contributed by atoms with Gasteiger partial charge in [0.05, 0.1) is 11.9 Å². The molecule has 2 amide bonds. The van der Waals surface area contributed by atoms with E-state index in [1.165, 1.54) is 0 Å². The molecule has 1 aliphatic heterocycles. The summed E-state index contributed by atoms with van der Waals surface area (Å²) >= 11 is 0. The van der Waals surface area contributed by atoms with Gasteiger partial charge in [-0.05, 0) is 24.5 Å². The lowest BCUT2D eigenvalue weighted by Gasteiger charge is -2.40. The molecular weight excluding hydrogens is 242 g/mol. The monoisotopic (exact) mass is 261 g/mol. The number of rotatable bonds is 3. The van der Waals surface area contributed by atoms with Gasteiger partial charge >= 0.3 is 0 Å². The average molecular weight is 261 g/mol. The highest BCUT2D eigenvalue weighted by Gasteiger charge is 2.42. The van der Waals surface area contributed by atoms with E-state index in [0.29, 0.717) is 12.1 Å². The van der Waals surface area contributed by atoms with E-state index in [1.807, 2.05) is 26.8 Å². The Morgan fingerprint density at radius 2 is 2.16 bits per heavy atom. The number of carbonyl (C=O) groups excluding carboxylic acids is 2. The summed E-state index contributed by atoms with van der Waals surface area (Å²) in [6.07, 6.45) is 3.87. The Bertz CT molecular complexity index is 473. The number of anilines is 1. The minimum atomic E-state index is -0.473. The molecule has 1 aromatic rings. The molecule has 2 unspecified atom stereocenters. The normalized spacial score (nSPS) is 23.7. The average Bonchev–Trinajstić information content (AvgIpc) is 2.41. The first kappa shape index (κ1) is 13.5. The lowest BCUT2D eigenvalue weighted by atomic mass is 9.95. The summed E-state index contributed by atoms with van der Waals surface area (Å²) in [7, 11) is 0. The standard InChI is InChI=1S/C14H19N3O2/c1-4-11-14(19)17(10-6-5-7-15-8-10)12(9(2)3)13(18)16-11/h5-9,11-12H,4H2,1-3H3,(H,16,18). The maximum absolute atomic E-state index is 12.5. The van der Waals surface area contributed by atoms with Crippen LogP contribution in [0.25, 0.3) is 0 Å². The number of pyridine rings is 1. The number of piperazine rings is 1. The topological polar surface area (TPSA) is 62.3 Å². The van der Waals surface area contributed by atoms with Crippen molar-refractivity contribution < 1.29 is 9.59 Å². The second kappa shape index (κ2) is 5.38. The van der Waals surface area contributed by atoms with Crippen LogP contribution >= 0.6 is 0 Å². The fourth-order valence-electron chi connectivity index (χ4n) is 2.40. The van der Waals surface area contributed by atoms with Crippen molar-refractivity contribution in [3.8, 4) is 0 Å². The highest BCUT2D eigenvalue weighted by Crippen LogP contribution is 2.25. The zero-order valence-electron chi connectivity index (χ0n) is 11.5. The SMILES string of the molecule is CCC1NC(=O)C(C(C)C)N(c2cccnc2)C1=O. The molecule has 0 saturated carbocycles. The summed E-state index contributed by atoms with van der Waals surface area (Å²) in [4.78, 5) is 30.3. The number of aromatic nitrogens is 1. The highest BCUT2D eigenvalue weighted by atomic mass is 16.2. The molecule has 2 rings (SSSR count). The van der Waals surface area contributed by atoms with E-state index in [9.17, 15) is 9.59 Å². The molecule has 1 fully saturated rings. The molecule has 5 nitrogen and oxygen atoms in total. The molecule has 1 N–H and O–H groups in total. The molecule has 0 aliphatic carbocycles. The third kappa shape index (κ3) is 2.45. The van der Waals surface area contributed by atoms with Crippen LogP contribution in [0.5, 0.6) is 0 Å². The fourth-order valence-corrected chi connectivity index (χ4v) is 2.40. The van der Waals surface area contributed by atoms with E-state index in [-0.39, 0.29) is 17.7 Å². The molecule has 1 aromatic heterocycles. The Morgan fingerprint density at radius 3 is 2.68 bits per heavy atom. The smallest absolute Gasteiger partial charge is 0.250 e. The first-order valence-corrected chi connectivity index (χ1v) is 6.59. The van der Waals surface area contributed by atoms with Crippen molar-refractivity contribution in [1.82, 2.24) is 10.3 Å². The summed E-state index contributed by atoms with van der Waals surface area (Å²) in [5, 5.41) is 2.80. The van der Waals surface area contributed by atoms with Gasteiger partial charge < -0.3 is 5.32 Å². The van der Waals surface area contributed by atoms with Crippen LogP contribution in [0.2, 0.25) is 0 Å². The maximum Gasteiger partial charge on any atom is 0.250 e. The van der Waals surface area contributed by atoms with Crippen LogP contribution in [0.1, 0.15) is 27.2 Å². The van der Waals surface area contributed by atoms with E-state index in [2.05, 4.69) is 10.3 Å². The lowest BCUT2D eigenvalue weighted by Crippen LogP contribution is -2.65. The largest absolute Gasteiger partial charge is 0.342 e. The molecule has 1 aliphatic rings. The van der Waals surface area contributed by atoms with Gasteiger partial charge in [-0.2, -0.15) is 0 Å². The van der Waals surface area contributed by atoms with Crippen molar-refractivity contribution in [2.45, 2.75) is 39.3 Å². The molecule has 0 bridgehead atoms. The quantitative estimate of drug-likeness (QED) is 0.893. The van der Waals surface area contributed by atoms with Gasteiger partial charge in [0, 0.05) is 6.20 Å². The van der Waals surface area contributed by atoms with Crippen molar-refractivity contribution in [3.63, 3.8) is 0 Å². The van der Waals surface area contributed by atoms with Gasteiger partial charge in [0.1, 0.15) is 12.1 Å². The molecule has 19 heavy (non-hydrogen) atoms. The Balaban J connectivity index is 2.43. The Kier molecular flexibility index (Phi) is 3.83. The summed E-state index contributed by atoms with van der Waals surface area (Å²) in [5.41, 5.74) is 0.680. The Labute approximate surface area is 113 Å². The number of amides is 2. The van der Waals surface area contributed by atoms with Crippen LogP contribution in [0, 0.1) is 5.92 Å². The lowest BCUT2D eigenvalue weighted by molar-refractivity contribution is -0.134. The zero-order valence-corrected chi connectivity index (χ0v) is 11.5. The summed E-state index contributed by atoms with van der Waals surface area (Å²) in [5.74, 6) is -0.110. The molecule has 5 heteroatoms. The van der Waals surface area contributed by atoms with Crippen molar-refractivity contribution in [1.29, 1.82) is 0 Å². The van der Waals surface area contributed by atoms with Crippen LogP contribution in [0.4, 0.5) is 5.69 Å². The predicted molar refractivity (Wildman–Crippen MR) is 72.6 cm³/mol. The highest BCUT2D eigenvalue weighted by molar-refractivity contribution is 6.08. The second-order valence-electron chi connectivity index (χ2n) is 5.08. The van der Waals surface area contributed by atoms with E-state index in [4.69, 9.17) is 0 Å². The third-order valence-electron chi connectivity index (χ3n) is 3.36. The molecule has 1 saturated heterocycles. The van der Waals surface area contributed by atoms with Gasteiger partial charge in [-0.15, -0.1) is 0 Å². The minimum absolute atomic E-state index is 0.0435. The van der Waals surface area contributed by atoms with E-state index >= 15 is 0 Å². The third-order valence-corrected chi connectivity index (χ3v) is 3.36. The van der Waals surface area contributed by atoms with Gasteiger partial charge in [-0.1, -0.05) is 20.8 Å². The summed E-state index contributed by atoms with van der Waals surface area (Å²) in [6.45, 7) is 5.76. The van der Waals surface area contributed by atoms with E-state index < -0.39 is 12.1 Å². The first-order valence-electron chi connectivity index (χ1n) is 6.59. The summed E-state index contributed by atoms with van der Waals surface area (Å²) < 4.78 is 0. The Morgan fingerprint density at radius 1 is 1.42 bits per heavy atom. The van der Waals surface area contributed by atoms with E-state index in [1.54, 1.807) is 23.4 Å². The number of nitrogens with one attached hydrogen (secondary N) is 1. The van der Waals surface area contributed by atoms with Crippen molar-refractivity contribution >= 4 is 17.5 Å². The molecule has 2 atom stereocenters. The molecular formula is C14H19N3O2. The minimum Gasteiger partial charge on any atom is -0.342 e. The predicted octanol–water partition coefficient (Wildman–Crippen LogP) is 1.35. The van der Waals surface area contributed by atoms with Gasteiger partial charge in [0.25, 0.3) is 0 Å². The zero-order chi connectivity index (χ0) is 14.0. The molecule has 102 valence electrons. The second-order valence-corrected chi connectivity index (χ2v) is 5.08. The van der Waals surface area contributed by atoms with Gasteiger partial charge in [0.15, 0.2) is 0 Å². The maximum atomic E-state index is 12.5. The molecule has 2 heterocycles. The van der Waals surface area contributed by atoms with Crippen molar-refractivity contribution in [2.24, 2.45) is 5.92 Å². The van der Waals surface area contributed by atoms with Crippen LogP contribution in [-0.2, 0) is 9.59 Å². The number of hydrogen-bond donors (Lipinski definition) is 1. The fraction of sp³-hybridized carbons (Fsp3) is 0.500. The number of nitrogens with zero attached hydrogens (tertiary/aromatic N) is 2. The first-order chi connectivity index (χ1) is 9.06.